The number of aromatic nitrogens is 2. The maximum atomic E-state index is 13.1. The van der Waals surface area contributed by atoms with Gasteiger partial charge in [0.2, 0.25) is 5.91 Å². The van der Waals surface area contributed by atoms with E-state index in [0.29, 0.717) is 23.3 Å². The predicted molar refractivity (Wildman–Crippen MR) is 127 cm³/mol. The van der Waals surface area contributed by atoms with E-state index in [2.05, 4.69) is 41.1 Å². The van der Waals surface area contributed by atoms with Gasteiger partial charge in [0, 0.05) is 47.7 Å². The average molecular weight is 451 g/mol. The van der Waals surface area contributed by atoms with Crippen LogP contribution in [0.2, 0.25) is 0 Å². The largest absolute Gasteiger partial charge is 0.368 e. The highest BCUT2D eigenvalue weighted by molar-refractivity contribution is 7.18. The number of piperazine rings is 1. The summed E-state index contributed by atoms with van der Waals surface area (Å²) in [5, 5.41) is 4.57. The summed E-state index contributed by atoms with van der Waals surface area (Å²) in [5.41, 5.74) is 3.17. The summed E-state index contributed by atoms with van der Waals surface area (Å²) in [4.78, 5) is 36.4. The molecule has 1 fully saturated rings. The number of fused-ring (bicyclic) bond motifs is 1. The lowest BCUT2D eigenvalue weighted by molar-refractivity contribution is -0.132. The van der Waals surface area contributed by atoms with Crippen LogP contribution in [-0.2, 0) is 11.3 Å². The van der Waals surface area contributed by atoms with Crippen molar-refractivity contribution < 1.29 is 4.79 Å². The highest BCUT2D eigenvalue weighted by atomic mass is 32.1. The quantitative estimate of drug-likeness (QED) is 0.474. The molecule has 158 valence electrons. The van der Waals surface area contributed by atoms with Gasteiger partial charge < -0.3 is 9.80 Å². The Balaban J connectivity index is 1.31. The van der Waals surface area contributed by atoms with Crippen molar-refractivity contribution in [1.29, 1.82) is 0 Å². The average Bonchev–Trinajstić information content (AvgIpc) is 3.46. The Morgan fingerprint density at radius 3 is 2.68 bits per heavy atom. The number of rotatable bonds is 4. The summed E-state index contributed by atoms with van der Waals surface area (Å²) in [7, 11) is 0. The van der Waals surface area contributed by atoms with Crippen LogP contribution in [0.5, 0.6) is 0 Å². The van der Waals surface area contributed by atoms with Gasteiger partial charge >= 0.3 is 0 Å². The molecular weight excluding hydrogens is 428 g/mol. The third-order valence-corrected chi connectivity index (χ3v) is 7.44. The van der Waals surface area contributed by atoms with Gasteiger partial charge in [0.1, 0.15) is 11.4 Å². The van der Waals surface area contributed by atoms with Crippen LogP contribution in [0.4, 0.5) is 5.69 Å². The minimum Gasteiger partial charge on any atom is -0.368 e. The van der Waals surface area contributed by atoms with Gasteiger partial charge in [0.05, 0.1) is 11.7 Å². The van der Waals surface area contributed by atoms with Crippen molar-refractivity contribution in [3.8, 4) is 10.4 Å². The highest BCUT2D eigenvalue weighted by Crippen LogP contribution is 2.33. The van der Waals surface area contributed by atoms with Crippen LogP contribution < -0.4 is 10.5 Å². The molecule has 0 atom stereocenters. The second kappa shape index (κ2) is 8.28. The number of nitrogens with zero attached hydrogens (tertiary/aromatic N) is 4. The lowest BCUT2D eigenvalue weighted by Gasteiger charge is -2.36. The van der Waals surface area contributed by atoms with Crippen molar-refractivity contribution in [2.75, 3.05) is 31.1 Å². The van der Waals surface area contributed by atoms with E-state index in [-0.39, 0.29) is 18.0 Å². The highest BCUT2D eigenvalue weighted by Gasteiger charge is 2.23. The standard InChI is InChI=1S/C23H22N4O2S2/c1-16-4-2-5-17(12-16)25-7-9-26(10-8-25)20(28)13-27-15-24-22-21(23(27)29)18(14-31-22)19-6-3-11-30-19/h2-6,11-12,14-15H,7-10,13H2,1H3. The number of thiophene rings is 2. The Morgan fingerprint density at radius 1 is 1.10 bits per heavy atom. The van der Waals surface area contributed by atoms with E-state index in [1.807, 2.05) is 27.8 Å². The molecule has 1 aliphatic heterocycles. The van der Waals surface area contributed by atoms with Gasteiger partial charge in [-0.25, -0.2) is 4.98 Å². The Labute approximate surface area is 188 Å². The molecule has 31 heavy (non-hydrogen) atoms. The number of anilines is 1. The molecule has 0 aliphatic carbocycles. The van der Waals surface area contributed by atoms with Crippen molar-refractivity contribution >= 4 is 44.5 Å². The molecule has 8 heteroatoms. The normalized spacial score (nSPS) is 14.4. The van der Waals surface area contributed by atoms with Crippen LogP contribution in [0, 0.1) is 6.92 Å². The molecule has 3 aromatic heterocycles. The Kier molecular flexibility index (Phi) is 5.33. The molecule has 0 spiro atoms. The number of benzene rings is 1. The fraction of sp³-hybridized carbons (Fsp3) is 0.261. The van der Waals surface area contributed by atoms with Gasteiger partial charge in [0.15, 0.2) is 0 Å². The van der Waals surface area contributed by atoms with Crippen LogP contribution in [0.3, 0.4) is 0 Å². The van der Waals surface area contributed by atoms with E-state index < -0.39 is 0 Å². The summed E-state index contributed by atoms with van der Waals surface area (Å²) in [5.74, 6) is -0.0416. The number of carbonyl (C=O) groups excluding carboxylic acids is 1. The fourth-order valence-corrected chi connectivity index (χ4v) is 5.70. The Bertz CT molecular complexity index is 1280. The molecule has 1 aromatic carbocycles. The molecule has 4 aromatic rings. The fourth-order valence-electron chi connectivity index (χ4n) is 3.98. The van der Waals surface area contributed by atoms with Crippen molar-refractivity contribution in [2.45, 2.75) is 13.5 Å². The molecule has 4 heterocycles. The molecule has 5 rings (SSSR count). The lowest BCUT2D eigenvalue weighted by Crippen LogP contribution is -2.50. The molecule has 1 amide bonds. The monoisotopic (exact) mass is 450 g/mol. The number of hydrogen-bond donors (Lipinski definition) is 0. The first kappa shape index (κ1) is 20.0. The molecule has 1 saturated heterocycles. The molecule has 1 aliphatic rings. The number of aryl methyl sites for hydroxylation is 1. The van der Waals surface area contributed by atoms with Crippen LogP contribution in [0.15, 0.2) is 58.3 Å². The van der Waals surface area contributed by atoms with Gasteiger partial charge in [-0.2, -0.15) is 0 Å². The van der Waals surface area contributed by atoms with Crippen molar-refractivity contribution in [2.24, 2.45) is 0 Å². The molecule has 0 N–H and O–H groups in total. The van der Waals surface area contributed by atoms with Gasteiger partial charge in [0.25, 0.3) is 5.56 Å². The van der Waals surface area contributed by atoms with Crippen molar-refractivity contribution in [1.82, 2.24) is 14.5 Å². The lowest BCUT2D eigenvalue weighted by atomic mass is 10.2. The first-order valence-electron chi connectivity index (χ1n) is 10.2. The Morgan fingerprint density at radius 2 is 1.94 bits per heavy atom. The van der Waals surface area contributed by atoms with Gasteiger partial charge in [-0.1, -0.05) is 18.2 Å². The molecular formula is C23H22N4O2S2. The number of hydrogen-bond acceptors (Lipinski definition) is 6. The second-order valence-corrected chi connectivity index (χ2v) is 9.50. The van der Waals surface area contributed by atoms with Gasteiger partial charge in [-0.15, -0.1) is 22.7 Å². The van der Waals surface area contributed by atoms with Crippen molar-refractivity contribution in [3.05, 3.63) is 69.4 Å². The molecule has 0 saturated carbocycles. The molecule has 0 bridgehead atoms. The SMILES string of the molecule is Cc1cccc(N2CCN(C(=O)Cn3cnc4scc(-c5cccs5)c4c3=O)CC2)c1. The van der Waals surface area contributed by atoms with Crippen LogP contribution in [0.1, 0.15) is 5.56 Å². The number of amides is 1. The van der Waals surface area contributed by atoms with E-state index in [0.717, 1.165) is 23.5 Å². The first-order chi connectivity index (χ1) is 15.1. The van der Waals surface area contributed by atoms with E-state index in [1.54, 1.807) is 11.3 Å². The number of carbonyl (C=O) groups is 1. The minimum atomic E-state index is -0.151. The summed E-state index contributed by atoms with van der Waals surface area (Å²) in [6.07, 6.45) is 1.50. The smallest absolute Gasteiger partial charge is 0.263 e. The zero-order valence-electron chi connectivity index (χ0n) is 17.2. The predicted octanol–water partition coefficient (Wildman–Crippen LogP) is 3.84. The van der Waals surface area contributed by atoms with Gasteiger partial charge in [-0.05, 0) is 36.1 Å². The van der Waals surface area contributed by atoms with Crippen LogP contribution >= 0.6 is 22.7 Å². The minimum absolute atomic E-state index is 0.0198. The maximum Gasteiger partial charge on any atom is 0.263 e. The Hall–Kier alpha value is -2.97. The van der Waals surface area contributed by atoms with Crippen LogP contribution in [0.25, 0.3) is 20.7 Å². The van der Waals surface area contributed by atoms with Crippen molar-refractivity contribution in [3.63, 3.8) is 0 Å². The zero-order valence-corrected chi connectivity index (χ0v) is 18.8. The van der Waals surface area contributed by atoms with E-state index in [1.165, 1.54) is 33.5 Å². The van der Waals surface area contributed by atoms with Gasteiger partial charge in [-0.3, -0.25) is 14.2 Å². The third-order valence-electron chi connectivity index (χ3n) is 5.65. The zero-order chi connectivity index (χ0) is 21.4. The van der Waals surface area contributed by atoms with E-state index in [4.69, 9.17) is 0 Å². The molecule has 6 nitrogen and oxygen atoms in total. The summed E-state index contributed by atoms with van der Waals surface area (Å²) in [6, 6.07) is 12.4. The molecule has 0 radical (unpaired) electrons. The van der Waals surface area contributed by atoms with E-state index in [9.17, 15) is 9.59 Å². The summed E-state index contributed by atoms with van der Waals surface area (Å²) >= 11 is 3.06. The second-order valence-electron chi connectivity index (χ2n) is 7.69. The van der Waals surface area contributed by atoms with E-state index >= 15 is 0 Å². The molecule has 0 unspecified atom stereocenters. The maximum absolute atomic E-state index is 13.1. The summed E-state index contributed by atoms with van der Waals surface area (Å²) in [6.45, 7) is 4.98. The van der Waals surface area contributed by atoms with Crippen LogP contribution in [-0.4, -0.2) is 46.5 Å². The third kappa shape index (κ3) is 3.88. The summed E-state index contributed by atoms with van der Waals surface area (Å²) < 4.78 is 1.45. The topological polar surface area (TPSA) is 58.4 Å². The first-order valence-corrected chi connectivity index (χ1v) is 12.0.